The topological polar surface area (TPSA) is 54.0 Å². The molecule has 2 aromatic rings. The Morgan fingerprint density at radius 1 is 1.25 bits per heavy atom. The van der Waals surface area contributed by atoms with E-state index in [1.165, 1.54) is 18.2 Å². The van der Waals surface area contributed by atoms with Gasteiger partial charge in [0.2, 0.25) is 0 Å². The molecule has 0 atom stereocenters. The zero-order valence-electron chi connectivity index (χ0n) is 10.4. The Bertz CT molecular complexity index is 664. The highest BCUT2D eigenvalue weighted by Gasteiger charge is 2.15. The van der Waals surface area contributed by atoms with E-state index in [0.717, 1.165) is 6.07 Å². The monoisotopic (exact) mass is 313 g/mol. The van der Waals surface area contributed by atoms with Crippen LogP contribution >= 0.6 is 23.2 Å². The first kappa shape index (κ1) is 14.6. The smallest absolute Gasteiger partial charge is 0.275 e. The van der Waals surface area contributed by atoms with Crippen LogP contribution in [0.3, 0.4) is 0 Å². The third-order valence-electron chi connectivity index (χ3n) is 2.50. The van der Waals surface area contributed by atoms with Crippen molar-refractivity contribution < 1.29 is 9.18 Å². The van der Waals surface area contributed by atoms with Gasteiger partial charge in [0, 0.05) is 12.1 Å². The summed E-state index contributed by atoms with van der Waals surface area (Å²) in [5, 5.41) is 5.61. The van der Waals surface area contributed by atoms with Crippen LogP contribution in [0, 0.1) is 5.82 Å². The largest absolute Gasteiger partial charge is 0.373 e. The fourth-order valence-corrected chi connectivity index (χ4v) is 1.86. The first-order chi connectivity index (χ1) is 9.51. The summed E-state index contributed by atoms with van der Waals surface area (Å²) >= 11 is 11.6. The van der Waals surface area contributed by atoms with Gasteiger partial charge in [-0.1, -0.05) is 23.2 Å². The molecule has 104 valence electrons. The van der Waals surface area contributed by atoms with E-state index >= 15 is 0 Å². The van der Waals surface area contributed by atoms with Gasteiger partial charge in [-0.3, -0.25) is 4.79 Å². The van der Waals surface area contributed by atoms with Crippen molar-refractivity contribution in [3.05, 3.63) is 51.9 Å². The van der Waals surface area contributed by atoms with Gasteiger partial charge in [-0.05, 0) is 30.3 Å². The van der Waals surface area contributed by atoms with E-state index in [9.17, 15) is 9.18 Å². The minimum atomic E-state index is -0.633. The van der Waals surface area contributed by atoms with Crippen molar-refractivity contribution in [1.82, 2.24) is 4.98 Å². The third kappa shape index (κ3) is 3.18. The molecule has 0 radical (unpaired) electrons. The third-order valence-corrected chi connectivity index (χ3v) is 3.04. The molecule has 0 unspecified atom stereocenters. The van der Waals surface area contributed by atoms with E-state index in [4.69, 9.17) is 23.2 Å². The van der Waals surface area contributed by atoms with Crippen LogP contribution in [-0.4, -0.2) is 17.9 Å². The van der Waals surface area contributed by atoms with Gasteiger partial charge in [0.1, 0.15) is 17.3 Å². The predicted octanol–water partition coefficient (Wildman–Crippen LogP) is 3.82. The van der Waals surface area contributed by atoms with Crippen LogP contribution in [0.25, 0.3) is 0 Å². The summed E-state index contributed by atoms with van der Waals surface area (Å²) in [4.78, 5) is 16.1. The minimum Gasteiger partial charge on any atom is -0.373 e. The summed E-state index contributed by atoms with van der Waals surface area (Å²) in [6.45, 7) is 0. The summed E-state index contributed by atoms with van der Waals surface area (Å²) in [6, 6.07) is 7.11. The van der Waals surface area contributed by atoms with Crippen molar-refractivity contribution in [3.63, 3.8) is 0 Å². The second-order valence-corrected chi connectivity index (χ2v) is 4.70. The Hall–Kier alpha value is -1.85. The molecule has 2 N–H and O–H groups in total. The average Bonchev–Trinajstić information content (AvgIpc) is 2.42. The SMILES string of the molecule is CNc1ccc(Cl)c(C(=O)Nc2ccc(Cl)cc2F)n1. The van der Waals surface area contributed by atoms with Gasteiger partial charge in [-0.25, -0.2) is 9.37 Å². The molecule has 0 aliphatic carbocycles. The Labute approximate surface area is 124 Å². The number of carbonyl (C=O) groups is 1. The van der Waals surface area contributed by atoms with Gasteiger partial charge in [0.15, 0.2) is 0 Å². The molecule has 20 heavy (non-hydrogen) atoms. The summed E-state index contributed by atoms with van der Waals surface area (Å²) in [5.41, 5.74) is 0.0139. The van der Waals surface area contributed by atoms with Gasteiger partial charge in [0.05, 0.1) is 10.7 Å². The number of amides is 1. The van der Waals surface area contributed by atoms with Crippen molar-refractivity contribution in [3.8, 4) is 0 Å². The summed E-state index contributed by atoms with van der Waals surface area (Å²) in [7, 11) is 1.66. The maximum Gasteiger partial charge on any atom is 0.275 e. The number of anilines is 2. The van der Waals surface area contributed by atoms with E-state index in [0.29, 0.717) is 5.82 Å². The average molecular weight is 314 g/mol. The first-order valence-corrected chi connectivity index (χ1v) is 6.37. The molecule has 0 aliphatic heterocycles. The van der Waals surface area contributed by atoms with Crippen LogP contribution in [0.1, 0.15) is 10.5 Å². The van der Waals surface area contributed by atoms with Crippen molar-refractivity contribution in [2.24, 2.45) is 0 Å². The van der Waals surface area contributed by atoms with Crippen molar-refractivity contribution in [2.45, 2.75) is 0 Å². The zero-order chi connectivity index (χ0) is 14.7. The molecule has 0 saturated carbocycles. The number of aromatic nitrogens is 1. The van der Waals surface area contributed by atoms with E-state index in [1.807, 2.05) is 0 Å². The lowest BCUT2D eigenvalue weighted by molar-refractivity contribution is 0.102. The fourth-order valence-electron chi connectivity index (χ4n) is 1.51. The summed E-state index contributed by atoms with van der Waals surface area (Å²) < 4.78 is 13.6. The molecule has 7 heteroatoms. The highest BCUT2D eigenvalue weighted by Crippen LogP contribution is 2.21. The number of hydrogen-bond acceptors (Lipinski definition) is 3. The lowest BCUT2D eigenvalue weighted by Crippen LogP contribution is -2.16. The number of pyridine rings is 1. The van der Waals surface area contributed by atoms with Crippen LogP contribution in [0.4, 0.5) is 15.9 Å². The maximum absolute atomic E-state index is 13.6. The molecule has 0 fully saturated rings. The molecule has 1 heterocycles. The second-order valence-electron chi connectivity index (χ2n) is 3.86. The van der Waals surface area contributed by atoms with Crippen LogP contribution in [0.2, 0.25) is 10.0 Å². The fraction of sp³-hybridized carbons (Fsp3) is 0.0769. The Morgan fingerprint density at radius 3 is 2.65 bits per heavy atom. The number of rotatable bonds is 3. The zero-order valence-corrected chi connectivity index (χ0v) is 11.9. The molecule has 2 rings (SSSR count). The minimum absolute atomic E-state index is 0.00660. The van der Waals surface area contributed by atoms with E-state index < -0.39 is 11.7 Å². The van der Waals surface area contributed by atoms with E-state index in [2.05, 4.69) is 15.6 Å². The van der Waals surface area contributed by atoms with Crippen molar-refractivity contribution in [2.75, 3.05) is 17.7 Å². The number of nitrogens with zero attached hydrogens (tertiary/aromatic N) is 1. The van der Waals surface area contributed by atoms with Crippen LogP contribution in [0.15, 0.2) is 30.3 Å². The molecule has 1 aromatic heterocycles. The second kappa shape index (κ2) is 6.07. The maximum atomic E-state index is 13.6. The van der Waals surface area contributed by atoms with Gasteiger partial charge >= 0.3 is 0 Å². The lowest BCUT2D eigenvalue weighted by Gasteiger charge is -2.08. The molecule has 0 saturated heterocycles. The molecule has 0 bridgehead atoms. The number of nitrogens with one attached hydrogen (secondary N) is 2. The van der Waals surface area contributed by atoms with E-state index in [1.54, 1.807) is 13.1 Å². The number of hydrogen-bond donors (Lipinski definition) is 2. The quantitative estimate of drug-likeness (QED) is 0.905. The molecular weight excluding hydrogens is 304 g/mol. The first-order valence-electron chi connectivity index (χ1n) is 5.62. The van der Waals surface area contributed by atoms with Gasteiger partial charge in [-0.2, -0.15) is 0 Å². The number of carbonyl (C=O) groups excluding carboxylic acids is 1. The van der Waals surface area contributed by atoms with Crippen LogP contribution in [0.5, 0.6) is 0 Å². The van der Waals surface area contributed by atoms with Crippen LogP contribution < -0.4 is 10.6 Å². The molecule has 1 amide bonds. The van der Waals surface area contributed by atoms with Gasteiger partial charge < -0.3 is 10.6 Å². The Morgan fingerprint density at radius 2 is 2.00 bits per heavy atom. The van der Waals surface area contributed by atoms with Crippen LogP contribution in [-0.2, 0) is 0 Å². The number of benzene rings is 1. The summed E-state index contributed by atoms with van der Waals surface area (Å²) in [6.07, 6.45) is 0. The highest BCUT2D eigenvalue weighted by molar-refractivity contribution is 6.34. The Kier molecular flexibility index (Phi) is 4.42. The summed E-state index contributed by atoms with van der Waals surface area (Å²) in [5.74, 6) is -0.754. The predicted molar refractivity (Wildman–Crippen MR) is 78.2 cm³/mol. The molecule has 0 aliphatic rings. The number of halogens is 3. The molecule has 0 spiro atoms. The normalized spacial score (nSPS) is 10.2. The molecular formula is C13H10Cl2FN3O. The van der Waals surface area contributed by atoms with Gasteiger partial charge in [-0.15, -0.1) is 0 Å². The van der Waals surface area contributed by atoms with Crippen molar-refractivity contribution in [1.29, 1.82) is 0 Å². The standard InChI is InChI=1S/C13H10Cl2FN3O/c1-17-11-5-3-8(15)12(19-11)13(20)18-10-4-2-7(14)6-9(10)16/h2-6H,1H3,(H,17,19)(H,18,20). The Balaban J connectivity index is 2.28. The molecule has 4 nitrogen and oxygen atoms in total. The van der Waals surface area contributed by atoms with Gasteiger partial charge in [0.25, 0.3) is 5.91 Å². The van der Waals surface area contributed by atoms with E-state index in [-0.39, 0.29) is 21.4 Å². The lowest BCUT2D eigenvalue weighted by atomic mass is 10.2. The van der Waals surface area contributed by atoms with Crippen molar-refractivity contribution >= 4 is 40.6 Å². The highest BCUT2D eigenvalue weighted by atomic mass is 35.5. The molecule has 1 aromatic carbocycles.